The van der Waals surface area contributed by atoms with Crippen molar-refractivity contribution in [3.05, 3.63) is 29.3 Å². The zero-order valence-corrected chi connectivity index (χ0v) is 8.77. The molecule has 0 fully saturated rings. The van der Waals surface area contributed by atoms with E-state index in [-0.39, 0.29) is 0 Å². The maximum absolute atomic E-state index is 4.34. The van der Waals surface area contributed by atoms with Gasteiger partial charge in [0.05, 0.1) is 0 Å². The van der Waals surface area contributed by atoms with Crippen molar-refractivity contribution < 1.29 is 0 Å². The van der Waals surface area contributed by atoms with Crippen LogP contribution in [-0.4, -0.2) is 12.6 Å². The molecule has 1 nitrogen and oxygen atoms in total. The molecule has 1 atom stereocenters. The fourth-order valence-electron chi connectivity index (χ4n) is 2.04. The van der Waals surface area contributed by atoms with Crippen LogP contribution in [0.2, 0.25) is 0 Å². The van der Waals surface area contributed by atoms with E-state index in [1.807, 2.05) is 0 Å². The zero-order valence-electron chi connectivity index (χ0n) is 7.88. The molecular weight excluding hydrogens is 178 g/mol. The van der Waals surface area contributed by atoms with Gasteiger partial charge in [0.2, 0.25) is 0 Å². The first kappa shape index (κ1) is 9.10. The largest absolute Gasteiger partial charge is 0.314 e. The molecule has 0 amide bonds. The molecule has 0 heterocycles. The molecule has 0 aliphatic heterocycles. The summed E-state index contributed by atoms with van der Waals surface area (Å²) in [4.78, 5) is 1.08. The fourth-order valence-corrected chi connectivity index (χ4v) is 2.27. The van der Waals surface area contributed by atoms with Crippen LogP contribution < -0.4 is 5.32 Å². The lowest BCUT2D eigenvalue weighted by atomic mass is 10.1. The molecule has 1 aromatic rings. The Morgan fingerprint density at radius 1 is 1.38 bits per heavy atom. The maximum atomic E-state index is 4.34. The summed E-state index contributed by atoms with van der Waals surface area (Å²) in [7, 11) is 0. The summed E-state index contributed by atoms with van der Waals surface area (Å²) >= 11 is 4.34. The van der Waals surface area contributed by atoms with Gasteiger partial charge in [0.15, 0.2) is 0 Å². The van der Waals surface area contributed by atoms with Gasteiger partial charge in [0, 0.05) is 10.9 Å². The van der Waals surface area contributed by atoms with Gasteiger partial charge >= 0.3 is 0 Å². The summed E-state index contributed by atoms with van der Waals surface area (Å²) < 4.78 is 0. The lowest BCUT2D eigenvalue weighted by molar-refractivity contribution is 0.552. The number of thiol groups is 1. The Morgan fingerprint density at radius 2 is 2.15 bits per heavy atom. The zero-order chi connectivity index (χ0) is 9.26. The van der Waals surface area contributed by atoms with Crippen LogP contribution in [0.3, 0.4) is 0 Å². The Balaban J connectivity index is 2.16. The van der Waals surface area contributed by atoms with Gasteiger partial charge in [-0.3, -0.25) is 0 Å². The third-order valence-corrected chi connectivity index (χ3v) is 2.89. The van der Waals surface area contributed by atoms with Crippen molar-refractivity contribution in [3.63, 3.8) is 0 Å². The molecule has 1 aliphatic rings. The Kier molecular flexibility index (Phi) is 2.61. The highest BCUT2D eigenvalue weighted by Gasteiger charge is 2.19. The summed E-state index contributed by atoms with van der Waals surface area (Å²) in [6.45, 7) is 3.22. The molecule has 0 saturated heterocycles. The normalized spacial score (nSPS) is 20.3. The van der Waals surface area contributed by atoms with Crippen LogP contribution in [0.25, 0.3) is 0 Å². The summed E-state index contributed by atoms with van der Waals surface area (Å²) in [5, 5.41) is 3.49. The summed E-state index contributed by atoms with van der Waals surface area (Å²) in [6, 6.07) is 7.12. The minimum absolute atomic E-state index is 0.648. The van der Waals surface area contributed by atoms with E-state index in [1.54, 1.807) is 0 Å². The summed E-state index contributed by atoms with van der Waals surface area (Å²) in [6.07, 6.45) is 2.34. The monoisotopic (exact) mass is 193 g/mol. The fraction of sp³-hybridized carbons (Fsp3) is 0.455. The van der Waals surface area contributed by atoms with E-state index in [0.717, 1.165) is 17.9 Å². The third-order valence-electron chi connectivity index (χ3n) is 2.62. The molecule has 0 saturated carbocycles. The number of rotatable bonds is 2. The topological polar surface area (TPSA) is 12.0 Å². The second kappa shape index (κ2) is 3.72. The smallest absolute Gasteiger partial charge is 0.0148 e. The number of likely N-dealkylation sites (N-methyl/N-ethyl adjacent to an activating group) is 1. The van der Waals surface area contributed by atoms with Gasteiger partial charge in [0.25, 0.3) is 0 Å². The van der Waals surface area contributed by atoms with Crippen LogP contribution in [0.1, 0.15) is 18.1 Å². The molecule has 0 aromatic heterocycles. The van der Waals surface area contributed by atoms with Gasteiger partial charge in [-0.1, -0.05) is 13.0 Å². The Hall–Kier alpha value is -0.470. The number of hydrogen-bond acceptors (Lipinski definition) is 2. The lowest BCUT2D eigenvalue weighted by Crippen LogP contribution is -2.28. The molecule has 2 heteroatoms. The van der Waals surface area contributed by atoms with Crippen LogP contribution in [0.4, 0.5) is 0 Å². The molecule has 0 spiro atoms. The van der Waals surface area contributed by atoms with Gasteiger partial charge in [0.1, 0.15) is 0 Å². The Bertz CT molecular complexity index is 309. The predicted octanol–water partition coefficient (Wildman–Crippen LogP) is 2.05. The lowest BCUT2D eigenvalue weighted by Gasteiger charge is -2.08. The van der Waals surface area contributed by atoms with Crippen LogP contribution in [0.15, 0.2) is 23.1 Å². The standard InChI is InChI=1S/C11H15NS/c1-2-12-10-5-8-3-4-11(13)7-9(8)6-10/h3-4,7,10,12-13H,2,5-6H2,1H3. The van der Waals surface area contributed by atoms with Crippen molar-refractivity contribution in [1.82, 2.24) is 5.32 Å². The van der Waals surface area contributed by atoms with E-state index < -0.39 is 0 Å². The molecule has 2 rings (SSSR count). The maximum Gasteiger partial charge on any atom is 0.0148 e. The van der Waals surface area contributed by atoms with Gasteiger partial charge in [-0.15, -0.1) is 12.6 Å². The molecule has 13 heavy (non-hydrogen) atoms. The Labute approximate surface area is 85.0 Å². The third kappa shape index (κ3) is 1.89. The van der Waals surface area contributed by atoms with Crippen molar-refractivity contribution in [2.45, 2.75) is 30.7 Å². The highest BCUT2D eigenvalue weighted by Crippen LogP contribution is 2.24. The van der Waals surface area contributed by atoms with Crippen LogP contribution >= 0.6 is 12.6 Å². The van der Waals surface area contributed by atoms with Crippen LogP contribution in [-0.2, 0) is 12.8 Å². The van der Waals surface area contributed by atoms with Gasteiger partial charge in [-0.25, -0.2) is 0 Å². The van der Waals surface area contributed by atoms with E-state index in [9.17, 15) is 0 Å². The highest BCUT2D eigenvalue weighted by atomic mass is 32.1. The van der Waals surface area contributed by atoms with Crippen molar-refractivity contribution in [2.24, 2.45) is 0 Å². The molecule has 0 bridgehead atoms. The van der Waals surface area contributed by atoms with Crippen LogP contribution in [0.5, 0.6) is 0 Å². The second-order valence-corrected chi connectivity index (χ2v) is 4.13. The molecular formula is C11H15NS. The molecule has 1 aromatic carbocycles. The van der Waals surface area contributed by atoms with E-state index in [1.165, 1.54) is 17.5 Å². The van der Waals surface area contributed by atoms with E-state index in [0.29, 0.717) is 6.04 Å². The SMILES string of the molecule is CCNC1Cc2ccc(S)cc2C1. The summed E-state index contributed by atoms with van der Waals surface area (Å²) in [5.41, 5.74) is 2.96. The first-order valence-electron chi connectivity index (χ1n) is 4.83. The molecule has 0 radical (unpaired) electrons. The average Bonchev–Trinajstić information content (AvgIpc) is 2.46. The van der Waals surface area contributed by atoms with Gasteiger partial charge < -0.3 is 5.32 Å². The van der Waals surface area contributed by atoms with E-state index in [2.05, 4.69) is 43.1 Å². The van der Waals surface area contributed by atoms with Crippen LogP contribution in [0, 0.1) is 0 Å². The van der Waals surface area contributed by atoms with Gasteiger partial charge in [-0.05, 0) is 42.6 Å². The first-order chi connectivity index (χ1) is 6.29. The minimum Gasteiger partial charge on any atom is -0.314 e. The first-order valence-corrected chi connectivity index (χ1v) is 5.28. The van der Waals surface area contributed by atoms with Crippen molar-refractivity contribution in [3.8, 4) is 0 Å². The summed E-state index contributed by atoms with van der Waals surface area (Å²) in [5.74, 6) is 0. The van der Waals surface area contributed by atoms with E-state index in [4.69, 9.17) is 0 Å². The quantitative estimate of drug-likeness (QED) is 0.685. The molecule has 70 valence electrons. The molecule has 1 aliphatic carbocycles. The van der Waals surface area contributed by atoms with E-state index >= 15 is 0 Å². The average molecular weight is 193 g/mol. The van der Waals surface area contributed by atoms with Gasteiger partial charge in [-0.2, -0.15) is 0 Å². The predicted molar refractivity (Wildman–Crippen MR) is 58.6 cm³/mol. The minimum atomic E-state index is 0.648. The van der Waals surface area contributed by atoms with Crippen molar-refractivity contribution in [1.29, 1.82) is 0 Å². The Morgan fingerprint density at radius 3 is 2.92 bits per heavy atom. The van der Waals surface area contributed by atoms with Crippen molar-refractivity contribution in [2.75, 3.05) is 6.54 Å². The van der Waals surface area contributed by atoms with Crippen molar-refractivity contribution >= 4 is 12.6 Å². The number of hydrogen-bond donors (Lipinski definition) is 2. The molecule has 1 unspecified atom stereocenters. The number of benzene rings is 1. The highest BCUT2D eigenvalue weighted by molar-refractivity contribution is 7.80. The molecule has 1 N–H and O–H groups in total. The number of fused-ring (bicyclic) bond motifs is 1. The second-order valence-electron chi connectivity index (χ2n) is 3.62. The number of nitrogens with one attached hydrogen (secondary N) is 1.